The molecule has 3 heterocycles. The second-order valence-corrected chi connectivity index (χ2v) is 10.0. The van der Waals surface area contributed by atoms with E-state index in [0.717, 1.165) is 26.3 Å². The van der Waals surface area contributed by atoms with Gasteiger partial charge in [-0.2, -0.15) is 0 Å². The van der Waals surface area contributed by atoms with Crippen LogP contribution in [0.1, 0.15) is 50.9 Å². The number of aromatic nitrogens is 6. The van der Waals surface area contributed by atoms with Crippen LogP contribution in [0.2, 0.25) is 0 Å². The van der Waals surface area contributed by atoms with Gasteiger partial charge in [0.2, 0.25) is 0 Å². The number of nitrogens with zero attached hydrogens (tertiary/aromatic N) is 6. The minimum Gasteiger partial charge on any atom is -0.463 e. The summed E-state index contributed by atoms with van der Waals surface area (Å²) in [5.74, 6) is -3.38. The second kappa shape index (κ2) is 15.0. The molecule has 1 aliphatic heterocycles. The Morgan fingerprint density at radius 2 is 1.38 bits per heavy atom. The van der Waals surface area contributed by atoms with Gasteiger partial charge in [0.1, 0.15) is 25.9 Å². The van der Waals surface area contributed by atoms with Gasteiger partial charge in [0.15, 0.2) is 24.5 Å². The molecule has 0 N–H and O–H groups in total. The van der Waals surface area contributed by atoms with Crippen LogP contribution < -0.4 is 0 Å². The van der Waals surface area contributed by atoms with E-state index >= 15 is 0 Å². The zero-order valence-electron chi connectivity index (χ0n) is 24.9. The maximum absolute atomic E-state index is 12.3. The van der Waals surface area contributed by atoms with E-state index in [0.29, 0.717) is 11.4 Å². The summed E-state index contributed by atoms with van der Waals surface area (Å²) in [5, 5.41) is 16.3. The van der Waals surface area contributed by atoms with E-state index in [4.69, 9.17) is 28.4 Å². The first-order valence-electron chi connectivity index (χ1n) is 13.8. The standard InChI is InChI=1S/C28H32N6O11/c1-16(35)40-15-23-25(42-17(2)36)26(43-18(3)37)27(44-19(4)38)28(45-23)34-12-22(30-32-34)10-21-11-33(31-29-21)13-24(39)41-14-20-8-6-5-7-9-20/h5-9,11-12,23,25-28H,10,13-15H2,1-4H3/t23-,25-,26+,27+,28+/m1/s1. The van der Waals surface area contributed by atoms with Crippen molar-refractivity contribution in [3.05, 3.63) is 59.7 Å². The largest absolute Gasteiger partial charge is 0.463 e. The third-order valence-corrected chi connectivity index (χ3v) is 6.27. The minimum absolute atomic E-state index is 0.129. The second-order valence-electron chi connectivity index (χ2n) is 10.0. The molecule has 0 unspecified atom stereocenters. The Kier molecular flexibility index (Phi) is 10.9. The first-order valence-corrected chi connectivity index (χ1v) is 13.8. The van der Waals surface area contributed by atoms with E-state index in [-0.39, 0.29) is 26.2 Å². The van der Waals surface area contributed by atoms with Crippen LogP contribution in [0.4, 0.5) is 0 Å². The molecule has 0 amide bonds. The van der Waals surface area contributed by atoms with Gasteiger partial charge < -0.3 is 28.4 Å². The lowest BCUT2D eigenvalue weighted by Crippen LogP contribution is -2.60. The molecule has 3 aromatic rings. The van der Waals surface area contributed by atoms with Crippen LogP contribution in [0.3, 0.4) is 0 Å². The molecule has 0 saturated carbocycles. The molecule has 1 fully saturated rings. The number of carbonyl (C=O) groups excluding carboxylic acids is 5. The fourth-order valence-electron chi connectivity index (χ4n) is 4.54. The zero-order valence-corrected chi connectivity index (χ0v) is 24.9. The molecular weight excluding hydrogens is 596 g/mol. The predicted octanol–water partition coefficient (Wildman–Crippen LogP) is 0.459. The molecule has 17 heteroatoms. The van der Waals surface area contributed by atoms with Crippen LogP contribution in [0, 0.1) is 0 Å². The summed E-state index contributed by atoms with van der Waals surface area (Å²) in [6.45, 7) is 4.17. The Labute approximate surface area is 256 Å². The van der Waals surface area contributed by atoms with Gasteiger partial charge in [0.25, 0.3) is 0 Å². The van der Waals surface area contributed by atoms with E-state index in [1.54, 1.807) is 6.20 Å². The average molecular weight is 629 g/mol. The number of esters is 5. The van der Waals surface area contributed by atoms with Crippen LogP contribution >= 0.6 is 0 Å². The van der Waals surface area contributed by atoms with Crippen molar-refractivity contribution < 1.29 is 52.4 Å². The Balaban J connectivity index is 1.50. The summed E-state index contributed by atoms with van der Waals surface area (Å²) < 4.78 is 35.3. The van der Waals surface area contributed by atoms with E-state index in [2.05, 4.69) is 20.6 Å². The van der Waals surface area contributed by atoms with Gasteiger partial charge >= 0.3 is 29.8 Å². The fraction of sp³-hybridized carbons (Fsp3) is 0.464. The van der Waals surface area contributed by atoms with Crippen molar-refractivity contribution in [2.75, 3.05) is 6.61 Å². The van der Waals surface area contributed by atoms with Gasteiger partial charge in [-0.05, 0) is 5.56 Å². The molecule has 240 valence electrons. The quantitative estimate of drug-likeness (QED) is 0.197. The third-order valence-electron chi connectivity index (χ3n) is 6.27. The summed E-state index contributed by atoms with van der Waals surface area (Å²) in [5.41, 5.74) is 1.70. The van der Waals surface area contributed by atoms with Gasteiger partial charge in [0.05, 0.1) is 17.6 Å². The van der Waals surface area contributed by atoms with Gasteiger partial charge in [-0.3, -0.25) is 24.0 Å². The molecule has 4 rings (SSSR count). The van der Waals surface area contributed by atoms with Crippen LogP contribution in [0.15, 0.2) is 42.7 Å². The number of rotatable bonds is 12. The van der Waals surface area contributed by atoms with Crippen LogP contribution in [-0.4, -0.2) is 90.9 Å². The maximum Gasteiger partial charge on any atom is 0.328 e. The average Bonchev–Trinajstić information content (AvgIpc) is 3.62. The Morgan fingerprint density at radius 1 is 0.756 bits per heavy atom. The van der Waals surface area contributed by atoms with Crippen molar-refractivity contribution in [2.45, 2.75) is 77.9 Å². The van der Waals surface area contributed by atoms with Crippen LogP contribution in [0.5, 0.6) is 0 Å². The molecule has 0 radical (unpaired) electrons. The summed E-state index contributed by atoms with van der Waals surface area (Å²) in [7, 11) is 0. The lowest BCUT2D eigenvalue weighted by atomic mass is 9.97. The fourth-order valence-corrected chi connectivity index (χ4v) is 4.54. The predicted molar refractivity (Wildman–Crippen MR) is 146 cm³/mol. The highest BCUT2D eigenvalue weighted by molar-refractivity contribution is 5.69. The molecule has 5 atom stereocenters. The van der Waals surface area contributed by atoms with Gasteiger partial charge in [-0.1, -0.05) is 40.8 Å². The topological polar surface area (TPSA) is 202 Å². The number of benzene rings is 1. The van der Waals surface area contributed by atoms with E-state index < -0.39 is 60.5 Å². The van der Waals surface area contributed by atoms with Crippen molar-refractivity contribution in [2.24, 2.45) is 0 Å². The van der Waals surface area contributed by atoms with Gasteiger partial charge in [-0.25, -0.2) is 9.36 Å². The van der Waals surface area contributed by atoms with E-state index in [1.165, 1.54) is 22.5 Å². The summed E-state index contributed by atoms with van der Waals surface area (Å²) in [6.07, 6.45) is -3.22. The molecule has 1 aromatic carbocycles. The molecule has 0 aliphatic carbocycles. The Bertz CT molecular complexity index is 1510. The first kappa shape index (κ1) is 32.7. The third kappa shape index (κ3) is 9.40. The van der Waals surface area contributed by atoms with Crippen molar-refractivity contribution in [3.63, 3.8) is 0 Å². The van der Waals surface area contributed by atoms with Crippen LogP contribution in [-0.2, 0) is 72.0 Å². The van der Waals surface area contributed by atoms with Crippen molar-refractivity contribution in [1.82, 2.24) is 30.0 Å². The summed E-state index contributed by atoms with van der Waals surface area (Å²) in [6, 6.07) is 9.24. The first-order chi connectivity index (χ1) is 21.5. The van der Waals surface area contributed by atoms with Gasteiger partial charge in [0, 0.05) is 40.3 Å². The van der Waals surface area contributed by atoms with Gasteiger partial charge in [-0.15, -0.1) is 10.2 Å². The van der Waals surface area contributed by atoms with Crippen molar-refractivity contribution >= 4 is 29.8 Å². The normalized spacial score (nSPS) is 20.9. The molecular formula is C28H32N6O11. The molecule has 17 nitrogen and oxygen atoms in total. The highest BCUT2D eigenvalue weighted by Crippen LogP contribution is 2.34. The Morgan fingerprint density at radius 3 is 2.04 bits per heavy atom. The summed E-state index contributed by atoms with van der Waals surface area (Å²) >= 11 is 0. The lowest BCUT2D eigenvalue weighted by molar-refractivity contribution is -0.270. The monoisotopic (exact) mass is 628 g/mol. The SMILES string of the molecule is CC(=O)OC[C@H]1O[C@H](n2cc(Cc3cn(CC(=O)OCc4ccccc4)nn3)nn2)[C@@H](OC(C)=O)[C@@H](OC(C)=O)[C@@H]1OC(C)=O. The molecule has 1 saturated heterocycles. The minimum atomic E-state index is -1.36. The Hall–Kier alpha value is -5.19. The summed E-state index contributed by atoms with van der Waals surface area (Å²) in [4.78, 5) is 59.9. The van der Waals surface area contributed by atoms with Crippen molar-refractivity contribution in [3.8, 4) is 0 Å². The number of carbonyl (C=O) groups is 5. The molecule has 0 spiro atoms. The lowest BCUT2D eigenvalue weighted by Gasteiger charge is -2.44. The maximum atomic E-state index is 12.3. The van der Waals surface area contributed by atoms with E-state index in [1.807, 2.05) is 30.3 Å². The molecule has 2 aromatic heterocycles. The van der Waals surface area contributed by atoms with E-state index in [9.17, 15) is 24.0 Å². The highest BCUT2D eigenvalue weighted by Gasteiger charge is 2.53. The number of ether oxygens (including phenoxy) is 6. The molecule has 1 aliphatic rings. The number of hydrogen-bond acceptors (Lipinski definition) is 15. The number of hydrogen-bond donors (Lipinski definition) is 0. The smallest absolute Gasteiger partial charge is 0.328 e. The molecule has 45 heavy (non-hydrogen) atoms. The van der Waals surface area contributed by atoms with Crippen molar-refractivity contribution in [1.29, 1.82) is 0 Å². The highest BCUT2D eigenvalue weighted by atomic mass is 16.7. The molecule has 0 bridgehead atoms. The van der Waals surface area contributed by atoms with Crippen LogP contribution in [0.25, 0.3) is 0 Å². The zero-order chi connectivity index (χ0) is 32.5.